The average molecular weight is 892 g/mol. The number of rotatable bonds is 46. The monoisotopic (exact) mass is 892 g/mol. The fraction of sp³-hybridized carbons (Fsp3) is 0.792. The van der Waals surface area contributed by atoms with E-state index >= 15 is 0 Å². The highest BCUT2D eigenvalue weighted by Crippen LogP contribution is 2.43. The molecule has 0 aliphatic heterocycles. The van der Waals surface area contributed by atoms with E-state index in [0.717, 1.165) is 51.4 Å². The second-order valence-electron chi connectivity index (χ2n) is 18.5. The zero-order chi connectivity index (χ0) is 45.7. The summed E-state index contributed by atoms with van der Waals surface area (Å²) in [7, 11) is 1.55. The molecule has 0 heterocycles. The van der Waals surface area contributed by atoms with Crippen molar-refractivity contribution in [3.05, 3.63) is 60.8 Å². The lowest BCUT2D eigenvalue weighted by molar-refractivity contribution is -0.870. The van der Waals surface area contributed by atoms with Gasteiger partial charge in [0.25, 0.3) is 0 Å². The molecule has 3 atom stereocenters. The van der Waals surface area contributed by atoms with Crippen molar-refractivity contribution < 1.29 is 32.9 Å². The molecular formula is C53H100N2O6P+. The fourth-order valence-corrected chi connectivity index (χ4v) is 7.86. The molecule has 8 nitrogen and oxygen atoms in total. The van der Waals surface area contributed by atoms with Crippen molar-refractivity contribution in [2.45, 2.75) is 231 Å². The molecule has 0 saturated heterocycles. The smallest absolute Gasteiger partial charge is 0.387 e. The summed E-state index contributed by atoms with van der Waals surface area (Å²) in [6.07, 6.45) is 58.7. The number of unbranched alkanes of at least 4 members (excludes halogenated alkanes) is 25. The quantitative estimate of drug-likeness (QED) is 0.0243. The summed E-state index contributed by atoms with van der Waals surface area (Å²) in [4.78, 5) is 23.2. The molecule has 0 aliphatic rings. The van der Waals surface area contributed by atoms with Gasteiger partial charge in [-0.15, -0.1) is 0 Å². The van der Waals surface area contributed by atoms with Crippen LogP contribution in [0.25, 0.3) is 0 Å². The Morgan fingerprint density at radius 2 is 0.935 bits per heavy atom. The minimum atomic E-state index is -4.35. The molecule has 0 aromatic carbocycles. The largest absolute Gasteiger partial charge is 0.472 e. The number of amides is 1. The third kappa shape index (κ3) is 46.2. The van der Waals surface area contributed by atoms with Gasteiger partial charge in [-0.05, 0) is 70.6 Å². The van der Waals surface area contributed by atoms with Gasteiger partial charge in [-0.2, -0.15) is 0 Å². The van der Waals surface area contributed by atoms with Gasteiger partial charge in [0, 0.05) is 6.42 Å². The molecule has 1 amide bonds. The number of hydrogen-bond acceptors (Lipinski definition) is 5. The van der Waals surface area contributed by atoms with Gasteiger partial charge < -0.3 is 19.8 Å². The maximum absolute atomic E-state index is 12.9. The summed E-state index contributed by atoms with van der Waals surface area (Å²) in [5.41, 5.74) is 0. The first kappa shape index (κ1) is 60.2. The van der Waals surface area contributed by atoms with Crippen LogP contribution >= 0.6 is 7.82 Å². The number of allylic oxidation sites excluding steroid dienone is 9. The topological polar surface area (TPSA) is 105 Å². The Bertz CT molecular complexity index is 1190. The van der Waals surface area contributed by atoms with Gasteiger partial charge in [-0.3, -0.25) is 13.8 Å². The van der Waals surface area contributed by atoms with Crippen LogP contribution in [0.15, 0.2) is 60.8 Å². The summed E-state index contributed by atoms with van der Waals surface area (Å²) in [6.45, 7) is 4.77. The molecule has 3 N–H and O–H groups in total. The molecule has 9 heteroatoms. The van der Waals surface area contributed by atoms with Crippen LogP contribution in [-0.2, 0) is 18.4 Å². The molecule has 0 aromatic rings. The summed E-state index contributed by atoms with van der Waals surface area (Å²) < 4.78 is 23.6. The standard InChI is InChI=1S/C53H99N2O6P/c1-6-8-10-12-14-16-18-20-22-23-24-25-26-27-28-29-30-31-33-35-37-39-41-43-45-47-53(57)54-51(50-61-62(58,59)60-49-48-55(3,4)5)52(56)46-44-42-40-38-36-34-32-21-19-17-15-13-11-9-7-2/h18,20,23-24,26-27,36,38,44,46,51-52,56H,6-17,19,21-22,25,28-35,37,39-43,45,47-50H2,1-5H3,(H-,54,57,58,59)/p+1/b20-18-,24-23-,27-26-,38-36+,46-44+. The van der Waals surface area contributed by atoms with Gasteiger partial charge in [0.1, 0.15) is 13.2 Å². The number of nitrogens with one attached hydrogen (secondary N) is 1. The van der Waals surface area contributed by atoms with Gasteiger partial charge in [0.2, 0.25) is 5.91 Å². The van der Waals surface area contributed by atoms with Crippen molar-refractivity contribution in [3.8, 4) is 0 Å². The van der Waals surface area contributed by atoms with Crippen LogP contribution in [0.3, 0.4) is 0 Å². The summed E-state index contributed by atoms with van der Waals surface area (Å²) in [5.74, 6) is -0.193. The normalized spacial score (nSPS) is 14.6. The van der Waals surface area contributed by atoms with Crippen molar-refractivity contribution >= 4 is 13.7 Å². The fourth-order valence-electron chi connectivity index (χ4n) is 7.12. The predicted octanol–water partition coefficient (Wildman–Crippen LogP) is 15.0. The van der Waals surface area contributed by atoms with E-state index in [9.17, 15) is 19.4 Å². The van der Waals surface area contributed by atoms with Crippen molar-refractivity contribution in [2.75, 3.05) is 40.9 Å². The third-order valence-electron chi connectivity index (χ3n) is 11.2. The number of quaternary nitrogens is 1. The van der Waals surface area contributed by atoms with Crippen LogP contribution in [0.1, 0.15) is 219 Å². The lowest BCUT2D eigenvalue weighted by atomic mass is 10.0. The Labute approximate surface area is 383 Å². The number of carbonyl (C=O) groups is 1. The number of aliphatic hydroxyl groups excluding tert-OH is 1. The number of nitrogens with zero attached hydrogens (tertiary/aromatic N) is 1. The lowest BCUT2D eigenvalue weighted by Gasteiger charge is -2.25. The molecule has 0 radical (unpaired) electrons. The van der Waals surface area contributed by atoms with Gasteiger partial charge in [0.15, 0.2) is 0 Å². The SMILES string of the molecule is CCCCCCC/C=C\C/C=C\C/C=C\CCCCCCCCCCCCC(=O)NC(COP(=O)(O)OCC[N+](C)(C)C)C(O)/C=C/CC/C=C/CCCCCCCCCCC. The highest BCUT2D eigenvalue weighted by atomic mass is 31.2. The van der Waals surface area contributed by atoms with Crippen LogP contribution in [0.5, 0.6) is 0 Å². The van der Waals surface area contributed by atoms with Crippen LogP contribution in [0.4, 0.5) is 0 Å². The Hall–Kier alpha value is -1.80. The number of phosphoric ester groups is 1. The molecule has 0 aliphatic carbocycles. The van der Waals surface area contributed by atoms with E-state index in [1.165, 1.54) is 148 Å². The Kier molecular flexibility index (Phi) is 43.1. The molecule has 62 heavy (non-hydrogen) atoms. The maximum Gasteiger partial charge on any atom is 0.472 e. The average Bonchev–Trinajstić information content (AvgIpc) is 3.23. The predicted molar refractivity (Wildman–Crippen MR) is 267 cm³/mol. The van der Waals surface area contributed by atoms with Crippen LogP contribution in [0.2, 0.25) is 0 Å². The van der Waals surface area contributed by atoms with E-state index < -0.39 is 20.0 Å². The van der Waals surface area contributed by atoms with Crippen molar-refractivity contribution in [1.82, 2.24) is 5.32 Å². The third-order valence-corrected chi connectivity index (χ3v) is 12.2. The summed E-state index contributed by atoms with van der Waals surface area (Å²) in [6, 6.07) is -0.867. The van der Waals surface area contributed by atoms with Crippen LogP contribution in [-0.4, -0.2) is 73.4 Å². The number of likely N-dealkylation sites (N-methyl/N-ethyl adjacent to an activating group) is 1. The summed E-state index contributed by atoms with van der Waals surface area (Å²) in [5, 5.41) is 13.8. The lowest BCUT2D eigenvalue weighted by Crippen LogP contribution is -2.45. The zero-order valence-corrected chi connectivity index (χ0v) is 42.0. The minimum absolute atomic E-state index is 0.0534. The van der Waals surface area contributed by atoms with Gasteiger partial charge in [-0.25, -0.2) is 4.57 Å². The zero-order valence-electron chi connectivity index (χ0n) is 41.1. The molecule has 0 saturated carbocycles. The van der Waals surface area contributed by atoms with E-state index in [4.69, 9.17) is 9.05 Å². The number of hydrogen-bond donors (Lipinski definition) is 3. The van der Waals surface area contributed by atoms with Crippen molar-refractivity contribution in [1.29, 1.82) is 0 Å². The van der Waals surface area contributed by atoms with Gasteiger partial charge in [-0.1, -0.05) is 203 Å². The van der Waals surface area contributed by atoms with E-state index in [1.807, 2.05) is 27.2 Å². The Morgan fingerprint density at radius 1 is 0.548 bits per heavy atom. The molecule has 3 unspecified atom stereocenters. The number of phosphoric acid groups is 1. The molecule has 0 aromatic heterocycles. The number of aliphatic hydroxyl groups is 1. The molecule has 0 bridgehead atoms. The molecule has 0 spiro atoms. The highest BCUT2D eigenvalue weighted by Gasteiger charge is 2.27. The second-order valence-corrected chi connectivity index (χ2v) is 20.0. The molecule has 0 rings (SSSR count). The van der Waals surface area contributed by atoms with E-state index in [-0.39, 0.29) is 19.1 Å². The van der Waals surface area contributed by atoms with E-state index in [1.54, 1.807) is 6.08 Å². The first-order chi connectivity index (χ1) is 30.0. The second kappa shape index (κ2) is 44.4. The molecule has 0 fully saturated rings. The van der Waals surface area contributed by atoms with Crippen LogP contribution < -0.4 is 5.32 Å². The maximum atomic E-state index is 12.9. The summed E-state index contributed by atoms with van der Waals surface area (Å²) >= 11 is 0. The van der Waals surface area contributed by atoms with Crippen LogP contribution in [0, 0.1) is 0 Å². The van der Waals surface area contributed by atoms with E-state index in [0.29, 0.717) is 17.4 Å². The van der Waals surface area contributed by atoms with Crippen molar-refractivity contribution in [3.63, 3.8) is 0 Å². The highest BCUT2D eigenvalue weighted by molar-refractivity contribution is 7.47. The first-order valence-electron chi connectivity index (χ1n) is 25.7. The van der Waals surface area contributed by atoms with Crippen molar-refractivity contribution in [2.24, 2.45) is 0 Å². The van der Waals surface area contributed by atoms with E-state index in [2.05, 4.69) is 67.8 Å². The first-order valence-corrected chi connectivity index (χ1v) is 27.2. The minimum Gasteiger partial charge on any atom is -0.387 e. The Morgan fingerprint density at radius 3 is 1.40 bits per heavy atom. The van der Waals surface area contributed by atoms with Gasteiger partial charge in [0.05, 0.1) is 39.9 Å². The Balaban J connectivity index is 4.31. The molecule has 362 valence electrons. The van der Waals surface area contributed by atoms with Gasteiger partial charge >= 0.3 is 7.82 Å². The molecular weight excluding hydrogens is 792 g/mol. The number of carbonyl (C=O) groups excluding carboxylic acids is 1.